The zero-order valence-electron chi connectivity index (χ0n) is 10.6. The lowest BCUT2D eigenvalue weighted by Crippen LogP contribution is -2.21. The monoisotopic (exact) mass is 257 g/mol. The Morgan fingerprint density at radius 2 is 1.42 bits per heavy atom. The topological polar surface area (TPSA) is 52.4 Å². The quantitative estimate of drug-likeness (QED) is 0.609. The zero-order chi connectivity index (χ0) is 13.7. The zero-order valence-corrected chi connectivity index (χ0v) is 10.6. The van der Waals surface area contributed by atoms with Crippen molar-refractivity contribution in [3.8, 4) is 0 Å². The van der Waals surface area contributed by atoms with Crippen molar-refractivity contribution < 1.29 is 9.66 Å². The largest absolute Gasteiger partial charge is 0.369 e. The van der Waals surface area contributed by atoms with E-state index in [0.29, 0.717) is 5.56 Å². The fourth-order valence-corrected chi connectivity index (χ4v) is 2.15. The third-order valence-electron chi connectivity index (χ3n) is 3.04. The summed E-state index contributed by atoms with van der Waals surface area (Å²) >= 11 is 0. The molecule has 0 spiro atoms. The fourth-order valence-electron chi connectivity index (χ4n) is 2.15. The minimum absolute atomic E-state index is 0.295. The fraction of sp³-hybridized carbons (Fsp3) is 0.200. The highest BCUT2D eigenvalue weighted by Crippen LogP contribution is 2.33. The Balaban J connectivity index is 2.41. The first-order chi connectivity index (χ1) is 9.24. The van der Waals surface area contributed by atoms with Gasteiger partial charge in [0.1, 0.15) is 0 Å². The van der Waals surface area contributed by atoms with Gasteiger partial charge < -0.3 is 4.74 Å². The summed E-state index contributed by atoms with van der Waals surface area (Å²) in [6, 6.07) is 17.3. The van der Waals surface area contributed by atoms with Crippen molar-refractivity contribution in [1.82, 2.24) is 0 Å². The van der Waals surface area contributed by atoms with Crippen LogP contribution in [-0.2, 0) is 4.74 Å². The summed E-state index contributed by atoms with van der Waals surface area (Å²) in [7, 11) is 1.50. The SMILES string of the molecule is COC(c1ccccc1)C(c1ccccc1)[N+](=O)[O-]. The second-order valence-corrected chi connectivity index (χ2v) is 4.21. The molecule has 2 aromatic rings. The summed E-state index contributed by atoms with van der Waals surface area (Å²) in [5.41, 5.74) is 1.44. The van der Waals surface area contributed by atoms with E-state index >= 15 is 0 Å². The number of nitro groups is 1. The van der Waals surface area contributed by atoms with Gasteiger partial charge in [0.2, 0.25) is 0 Å². The van der Waals surface area contributed by atoms with Crippen LogP contribution >= 0.6 is 0 Å². The summed E-state index contributed by atoms with van der Waals surface area (Å²) in [5, 5.41) is 11.4. The maximum Gasteiger partial charge on any atom is 0.267 e. The Kier molecular flexibility index (Phi) is 4.26. The predicted molar refractivity (Wildman–Crippen MR) is 72.4 cm³/mol. The minimum Gasteiger partial charge on any atom is -0.369 e. The summed E-state index contributed by atoms with van der Waals surface area (Å²) in [6.07, 6.45) is -0.599. The highest BCUT2D eigenvalue weighted by molar-refractivity contribution is 5.25. The Labute approximate surface area is 111 Å². The molecule has 0 amide bonds. The number of hydrogen-bond donors (Lipinski definition) is 0. The molecular formula is C15H15NO3. The van der Waals surface area contributed by atoms with Crippen LogP contribution in [0.2, 0.25) is 0 Å². The van der Waals surface area contributed by atoms with Crippen LogP contribution in [0.15, 0.2) is 60.7 Å². The molecule has 2 unspecified atom stereocenters. The van der Waals surface area contributed by atoms with E-state index in [-0.39, 0.29) is 4.92 Å². The first kappa shape index (κ1) is 13.2. The van der Waals surface area contributed by atoms with Gasteiger partial charge in [0.25, 0.3) is 6.04 Å². The average Bonchev–Trinajstić information content (AvgIpc) is 2.46. The first-order valence-corrected chi connectivity index (χ1v) is 6.00. The van der Waals surface area contributed by atoms with Crippen LogP contribution in [0.25, 0.3) is 0 Å². The Morgan fingerprint density at radius 1 is 0.947 bits per heavy atom. The molecule has 0 heterocycles. The van der Waals surface area contributed by atoms with Gasteiger partial charge in [-0.1, -0.05) is 60.7 Å². The maximum atomic E-state index is 11.4. The molecule has 0 aliphatic carbocycles. The Hall–Kier alpha value is -2.20. The number of methoxy groups -OCH3 is 1. The van der Waals surface area contributed by atoms with Crippen molar-refractivity contribution in [3.05, 3.63) is 81.9 Å². The average molecular weight is 257 g/mol. The van der Waals surface area contributed by atoms with E-state index in [1.54, 1.807) is 24.3 Å². The lowest BCUT2D eigenvalue weighted by molar-refractivity contribution is -0.543. The second kappa shape index (κ2) is 6.11. The summed E-state index contributed by atoms with van der Waals surface area (Å²) < 4.78 is 5.37. The molecule has 19 heavy (non-hydrogen) atoms. The summed E-state index contributed by atoms with van der Waals surface area (Å²) in [6.45, 7) is 0. The summed E-state index contributed by atoms with van der Waals surface area (Å²) in [4.78, 5) is 11.1. The van der Waals surface area contributed by atoms with Crippen molar-refractivity contribution in [1.29, 1.82) is 0 Å². The van der Waals surface area contributed by atoms with Crippen molar-refractivity contribution in [3.63, 3.8) is 0 Å². The Morgan fingerprint density at radius 3 is 1.84 bits per heavy atom. The van der Waals surface area contributed by atoms with E-state index in [2.05, 4.69) is 0 Å². The number of benzene rings is 2. The molecule has 4 nitrogen and oxygen atoms in total. The van der Waals surface area contributed by atoms with E-state index in [0.717, 1.165) is 5.56 Å². The number of ether oxygens (including phenoxy) is 1. The van der Waals surface area contributed by atoms with Gasteiger partial charge in [0, 0.05) is 17.6 Å². The van der Waals surface area contributed by atoms with Gasteiger partial charge in [-0.15, -0.1) is 0 Å². The van der Waals surface area contributed by atoms with Gasteiger partial charge in [-0.25, -0.2) is 0 Å². The molecule has 2 atom stereocenters. The Bertz CT molecular complexity index is 528. The highest BCUT2D eigenvalue weighted by atomic mass is 16.6. The van der Waals surface area contributed by atoms with E-state index in [4.69, 9.17) is 4.74 Å². The first-order valence-electron chi connectivity index (χ1n) is 6.00. The normalized spacial score (nSPS) is 13.7. The van der Waals surface area contributed by atoms with Gasteiger partial charge in [-0.05, 0) is 5.56 Å². The molecule has 0 saturated carbocycles. The van der Waals surface area contributed by atoms with E-state index in [9.17, 15) is 10.1 Å². The lowest BCUT2D eigenvalue weighted by atomic mass is 9.96. The standard InChI is InChI=1S/C15H15NO3/c1-19-15(13-10-6-3-7-11-13)14(16(17)18)12-8-4-2-5-9-12/h2-11,14-15H,1H3. The van der Waals surface area contributed by atoms with Crippen molar-refractivity contribution >= 4 is 0 Å². The third kappa shape index (κ3) is 2.98. The molecule has 0 saturated heterocycles. The molecule has 0 N–H and O–H groups in total. The van der Waals surface area contributed by atoms with Crippen molar-refractivity contribution in [2.45, 2.75) is 12.1 Å². The van der Waals surface area contributed by atoms with Crippen LogP contribution in [-0.4, -0.2) is 12.0 Å². The van der Waals surface area contributed by atoms with Gasteiger partial charge in [0.15, 0.2) is 6.10 Å². The molecule has 4 heteroatoms. The third-order valence-corrected chi connectivity index (χ3v) is 3.04. The van der Waals surface area contributed by atoms with Gasteiger partial charge in [0.05, 0.1) is 0 Å². The van der Waals surface area contributed by atoms with Crippen LogP contribution in [0.3, 0.4) is 0 Å². The molecule has 0 aliphatic rings. The smallest absolute Gasteiger partial charge is 0.267 e. The summed E-state index contributed by atoms with van der Waals surface area (Å²) in [5.74, 6) is 0. The number of hydrogen-bond acceptors (Lipinski definition) is 3. The van der Waals surface area contributed by atoms with E-state index < -0.39 is 12.1 Å². The van der Waals surface area contributed by atoms with Crippen molar-refractivity contribution in [2.75, 3.05) is 7.11 Å². The molecule has 0 fully saturated rings. The molecule has 0 aromatic heterocycles. The van der Waals surface area contributed by atoms with Crippen LogP contribution in [0.4, 0.5) is 0 Å². The molecule has 0 bridgehead atoms. The van der Waals surface area contributed by atoms with Crippen LogP contribution < -0.4 is 0 Å². The molecule has 98 valence electrons. The molecule has 0 aliphatic heterocycles. The molecule has 2 aromatic carbocycles. The maximum absolute atomic E-state index is 11.4. The van der Waals surface area contributed by atoms with Gasteiger partial charge >= 0.3 is 0 Å². The van der Waals surface area contributed by atoms with Crippen LogP contribution in [0, 0.1) is 10.1 Å². The van der Waals surface area contributed by atoms with E-state index in [1.165, 1.54) is 7.11 Å². The highest BCUT2D eigenvalue weighted by Gasteiger charge is 2.34. The van der Waals surface area contributed by atoms with Gasteiger partial charge in [-0.3, -0.25) is 10.1 Å². The number of rotatable bonds is 5. The van der Waals surface area contributed by atoms with Crippen LogP contribution in [0.5, 0.6) is 0 Å². The lowest BCUT2D eigenvalue weighted by Gasteiger charge is -2.20. The second-order valence-electron chi connectivity index (χ2n) is 4.21. The number of nitrogens with zero attached hydrogens (tertiary/aromatic N) is 1. The van der Waals surface area contributed by atoms with E-state index in [1.807, 2.05) is 36.4 Å². The molecule has 0 radical (unpaired) electrons. The molecular weight excluding hydrogens is 242 g/mol. The minimum atomic E-state index is -0.909. The van der Waals surface area contributed by atoms with Crippen LogP contribution in [0.1, 0.15) is 23.3 Å². The predicted octanol–water partition coefficient (Wildman–Crippen LogP) is 3.39. The van der Waals surface area contributed by atoms with Crippen molar-refractivity contribution in [2.24, 2.45) is 0 Å². The van der Waals surface area contributed by atoms with Gasteiger partial charge in [-0.2, -0.15) is 0 Å². The molecule has 2 rings (SSSR count).